The van der Waals surface area contributed by atoms with Crippen molar-refractivity contribution in [2.75, 3.05) is 19.9 Å². The minimum absolute atomic E-state index is 0.0808. The number of halogens is 1. The monoisotopic (exact) mass is 437 g/mol. The van der Waals surface area contributed by atoms with Crippen LogP contribution in [0.2, 0.25) is 5.02 Å². The minimum atomic E-state index is -3.89. The third-order valence-electron chi connectivity index (χ3n) is 5.48. The van der Waals surface area contributed by atoms with E-state index in [0.717, 1.165) is 0 Å². The van der Waals surface area contributed by atoms with Gasteiger partial charge in [0, 0.05) is 17.5 Å². The summed E-state index contributed by atoms with van der Waals surface area (Å²) in [7, 11) is -3.89. The zero-order valence-electron chi connectivity index (χ0n) is 15.6. The van der Waals surface area contributed by atoms with E-state index in [1.165, 1.54) is 24.3 Å². The van der Waals surface area contributed by atoms with Crippen LogP contribution < -0.4 is 15.2 Å². The van der Waals surface area contributed by atoms with Gasteiger partial charge in [-0.1, -0.05) is 17.7 Å². The molecule has 0 saturated heterocycles. The number of esters is 1. The van der Waals surface area contributed by atoms with Crippen molar-refractivity contribution in [3.05, 3.63) is 53.1 Å². The number of hydrogen-bond donors (Lipinski definition) is 1. The number of carbonyl (C=O) groups excluding carboxylic acids is 1. The van der Waals surface area contributed by atoms with Crippen LogP contribution in [0.3, 0.4) is 0 Å². The normalized spacial score (nSPS) is 24.9. The molecule has 2 aromatic rings. The molecule has 0 aromatic heterocycles. The zero-order chi connectivity index (χ0) is 20.8. The van der Waals surface area contributed by atoms with Gasteiger partial charge in [0.25, 0.3) is 0 Å². The Balaban J connectivity index is 1.81. The number of sulfone groups is 1. The smallest absolute Gasteiger partial charge is 0.315 e. The highest BCUT2D eigenvalue weighted by atomic mass is 35.5. The molecule has 2 aliphatic rings. The number of fused-ring (bicyclic) bond motifs is 1. The lowest BCUT2D eigenvalue weighted by atomic mass is 9.99. The number of hydrogen-bond acceptors (Lipinski definition) is 7. The van der Waals surface area contributed by atoms with Gasteiger partial charge >= 0.3 is 5.97 Å². The third-order valence-corrected chi connectivity index (χ3v) is 8.02. The van der Waals surface area contributed by atoms with Gasteiger partial charge in [0.05, 0.1) is 16.8 Å². The van der Waals surface area contributed by atoms with Crippen LogP contribution in [-0.2, 0) is 19.4 Å². The highest BCUT2D eigenvalue weighted by molar-refractivity contribution is 7.92. The van der Waals surface area contributed by atoms with E-state index in [4.69, 9.17) is 31.5 Å². The third kappa shape index (κ3) is 3.06. The molecule has 0 spiro atoms. The molecular weight excluding hydrogens is 418 g/mol. The summed E-state index contributed by atoms with van der Waals surface area (Å²) in [6.45, 7) is 1.73. The molecule has 2 N–H and O–H groups in total. The molecule has 7 nitrogen and oxygen atoms in total. The van der Waals surface area contributed by atoms with Crippen LogP contribution in [0.15, 0.2) is 47.4 Å². The molecule has 154 valence electrons. The molecule has 1 fully saturated rings. The van der Waals surface area contributed by atoms with Crippen molar-refractivity contribution in [1.82, 2.24) is 0 Å². The molecule has 2 aromatic carbocycles. The Kier molecular flexibility index (Phi) is 4.96. The summed E-state index contributed by atoms with van der Waals surface area (Å²) in [5, 5.41) is -0.636. The first-order valence-electron chi connectivity index (χ1n) is 9.12. The molecule has 1 heterocycles. The van der Waals surface area contributed by atoms with E-state index >= 15 is 0 Å². The van der Waals surface area contributed by atoms with Gasteiger partial charge in [-0.25, -0.2) is 8.42 Å². The molecule has 0 bridgehead atoms. The maximum Gasteiger partial charge on any atom is 0.315 e. The van der Waals surface area contributed by atoms with Crippen molar-refractivity contribution in [3.8, 4) is 11.5 Å². The van der Waals surface area contributed by atoms with Crippen molar-refractivity contribution >= 4 is 27.4 Å². The summed E-state index contributed by atoms with van der Waals surface area (Å²) in [4.78, 5) is 13.0. The molecule has 1 aliphatic heterocycles. The lowest BCUT2D eigenvalue weighted by Gasteiger charge is -2.14. The van der Waals surface area contributed by atoms with Gasteiger partial charge in [-0.05, 0) is 48.9 Å². The highest BCUT2D eigenvalue weighted by Gasteiger charge is 2.75. The topological polar surface area (TPSA) is 105 Å². The van der Waals surface area contributed by atoms with E-state index in [1.54, 1.807) is 25.1 Å². The summed E-state index contributed by atoms with van der Waals surface area (Å²) >= 11 is 5.90. The van der Waals surface area contributed by atoms with E-state index in [0.29, 0.717) is 22.1 Å². The second-order valence-corrected chi connectivity index (χ2v) is 9.48. The summed E-state index contributed by atoms with van der Waals surface area (Å²) in [6, 6.07) is 11.0. The predicted molar refractivity (Wildman–Crippen MR) is 106 cm³/mol. The average Bonchev–Trinajstić information content (AvgIpc) is 3.20. The number of nitrogens with two attached hydrogens (primary N) is 1. The molecule has 4 rings (SSSR count). The van der Waals surface area contributed by atoms with Crippen molar-refractivity contribution in [2.24, 2.45) is 11.1 Å². The van der Waals surface area contributed by atoms with E-state index in [1.807, 2.05) is 0 Å². The number of rotatable bonds is 6. The van der Waals surface area contributed by atoms with Crippen LogP contribution in [0.1, 0.15) is 18.4 Å². The van der Waals surface area contributed by atoms with Crippen molar-refractivity contribution in [1.29, 1.82) is 0 Å². The molecule has 29 heavy (non-hydrogen) atoms. The van der Waals surface area contributed by atoms with Crippen molar-refractivity contribution in [3.63, 3.8) is 0 Å². The first kappa shape index (κ1) is 20.0. The van der Waals surface area contributed by atoms with Crippen LogP contribution in [0, 0.1) is 5.41 Å². The molecule has 0 unspecified atom stereocenters. The Labute approximate surface area is 173 Å². The lowest BCUT2D eigenvalue weighted by molar-refractivity contribution is -0.149. The van der Waals surface area contributed by atoms with Crippen molar-refractivity contribution in [2.45, 2.75) is 23.0 Å². The van der Waals surface area contributed by atoms with E-state index < -0.39 is 32.4 Å². The van der Waals surface area contributed by atoms with Crippen molar-refractivity contribution < 1.29 is 27.4 Å². The largest absolute Gasteiger partial charge is 0.465 e. The van der Waals surface area contributed by atoms with Gasteiger partial charge < -0.3 is 19.9 Å². The molecule has 1 saturated carbocycles. The summed E-state index contributed by atoms with van der Waals surface area (Å²) in [5.41, 5.74) is 5.25. The molecule has 0 amide bonds. The van der Waals surface area contributed by atoms with Gasteiger partial charge in [0.15, 0.2) is 21.3 Å². The first-order valence-corrected chi connectivity index (χ1v) is 11.0. The Hall–Kier alpha value is -2.29. The Bertz CT molecular complexity index is 1060. The van der Waals surface area contributed by atoms with Crippen LogP contribution >= 0.6 is 11.6 Å². The average molecular weight is 438 g/mol. The van der Waals surface area contributed by atoms with Gasteiger partial charge in [0.2, 0.25) is 6.79 Å². The fourth-order valence-corrected chi connectivity index (χ4v) is 6.55. The Morgan fingerprint density at radius 2 is 1.90 bits per heavy atom. The fourth-order valence-electron chi connectivity index (χ4n) is 4.05. The van der Waals surface area contributed by atoms with E-state index in [-0.39, 0.29) is 24.8 Å². The SMILES string of the molecule is CCOC(=O)[C@]1(CN)[C@H](c2ccc3c(c2)OCO3)[C@H]1S(=O)(=O)c1ccc(Cl)cc1. The van der Waals surface area contributed by atoms with E-state index in [9.17, 15) is 13.2 Å². The van der Waals surface area contributed by atoms with Crippen LogP contribution in [-0.4, -0.2) is 39.6 Å². The second-order valence-electron chi connectivity index (χ2n) is 6.97. The summed E-state index contributed by atoms with van der Waals surface area (Å²) in [5.74, 6) is -0.206. The standard InChI is InChI=1S/C20H20ClNO6S/c1-2-26-19(23)20(10-22)17(12-3-8-15-16(9-12)28-11-27-15)18(20)29(24,25)14-6-4-13(21)5-7-14/h3-9,17-18H,2,10-11,22H2,1H3/t17-,18-,20-/m1/s1. The molecule has 0 radical (unpaired) electrons. The number of benzene rings is 2. The number of ether oxygens (including phenoxy) is 3. The van der Waals surface area contributed by atoms with Gasteiger partial charge in [-0.3, -0.25) is 4.79 Å². The molecule has 3 atom stereocenters. The molecule has 9 heteroatoms. The Morgan fingerprint density at radius 3 is 2.55 bits per heavy atom. The quantitative estimate of drug-likeness (QED) is 0.692. The summed E-state index contributed by atoms with van der Waals surface area (Å²) in [6.07, 6.45) is 0. The first-order chi connectivity index (χ1) is 13.9. The Morgan fingerprint density at radius 1 is 1.21 bits per heavy atom. The van der Waals surface area contributed by atoms with Gasteiger partial charge in [-0.2, -0.15) is 0 Å². The summed E-state index contributed by atoms with van der Waals surface area (Å²) < 4.78 is 42.8. The van der Waals surface area contributed by atoms with E-state index in [2.05, 4.69) is 0 Å². The zero-order valence-corrected chi connectivity index (χ0v) is 17.2. The predicted octanol–water partition coefficient (Wildman–Crippen LogP) is 2.52. The maximum absolute atomic E-state index is 13.4. The van der Waals surface area contributed by atoms with Crippen LogP contribution in [0.5, 0.6) is 11.5 Å². The van der Waals surface area contributed by atoms with Crippen LogP contribution in [0.25, 0.3) is 0 Å². The highest BCUT2D eigenvalue weighted by Crippen LogP contribution is 2.64. The van der Waals surface area contributed by atoms with Gasteiger partial charge in [-0.15, -0.1) is 0 Å². The lowest BCUT2D eigenvalue weighted by Crippen LogP contribution is -2.33. The maximum atomic E-state index is 13.4. The molecule has 1 aliphatic carbocycles. The number of carbonyl (C=O) groups is 1. The van der Waals surface area contributed by atoms with Crippen LogP contribution in [0.4, 0.5) is 0 Å². The fraction of sp³-hybridized carbons (Fsp3) is 0.350. The second kappa shape index (κ2) is 7.19. The minimum Gasteiger partial charge on any atom is -0.465 e. The molecular formula is C20H20ClNO6S. The van der Waals surface area contributed by atoms with Gasteiger partial charge in [0.1, 0.15) is 5.41 Å².